The molecule has 1 aliphatic carbocycles. The largest absolute Gasteiger partial charge is 0.496 e. The van der Waals surface area contributed by atoms with Crippen LogP contribution in [0.25, 0.3) is 16.8 Å². The number of aliphatic hydroxyl groups is 1. The molecular weight excluding hydrogens is 462 g/mol. The number of fused-ring (bicyclic) bond motifs is 1. The van der Waals surface area contributed by atoms with Crippen LogP contribution in [-0.2, 0) is 0 Å². The number of ether oxygens (including phenoxy) is 3. The first-order valence-electron chi connectivity index (χ1n) is 11.1. The maximum absolute atomic E-state index is 12.9. The molecule has 0 saturated heterocycles. The van der Waals surface area contributed by atoms with Crippen molar-refractivity contribution in [1.29, 1.82) is 0 Å². The lowest BCUT2D eigenvalue weighted by atomic mass is 10.0. The minimum Gasteiger partial charge on any atom is -0.496 e. The number of hydrogen-bond donors (Lipinski definition) is 2. The van der Waals surface area contributed by atoms with E-state index in [-0.39, 0.29) is 11.3 Å². The molecule has 3 N–H and O–H groups in total. The van der Waals surface area contributed by atoms with Gasteiger partial charge < -0.3 is 25.1 Å². The Balaban J connectivity index is 0.00000106. The molecule has 35 heavy (non-hydrogen) atoms. The van der Waals surface area contributed by atoms with E-state index < -0.39 is 30.0 Å². The SMILES string of the molecule is C1CC1.COc1cc(-c2cnn3cc(OC(C)C(C)(C)O)c(C)nc23)cc(OC(F)F)c1C(N)=O. The quantitative estimate of drug-likeness (QED) is 0.485. The number of aromatic nitrogens is 3. The predicted octanol–water partition coefficient (Wildman–Crippen LogP) is 4.12. The molecule has 11 heteroatoms. The molecule has 1 unspecified atom stereocenters. The zero-order valence-corrected chi connectivity index (χ0v) is 20.3. The molecule has 3 aromatic rings. The lowest BCUT2D eigenvalue weighted by Gasteiger charge is -2.27. The third-order valence-electron chi connectivity index (χ3n) is 5.35. The van der Waals surface area contributed by atoms with Crippen LogP contribution in [0.1, 0.15) is 56.1 Å². The van der Waals surface area contributed by atoms with Crippen LogP contribution >= 0.6 is 0 Å². The van der Waals surface area contributed by atoms with Crippen LogP contribution < -0.4 is 19.9 Å². The van der Waals surface area contributed by atoms with Gasteiger partial charge in [0.25, 0.3) is 5.91 Å². The lowest BCUT2D eigenvalue weighted by molar-refractivity contribution is -0.0502. The number of nitrogens with two attached hydrogens (primary N) is 1. The minimum atomic E-state index is -3.17. The van der Waals surface area contributed by atoms with Crippen molar-refractivity contribution < 1.29 is 32.9 Å². The van der Waals surface area contributed by atoms with Gasteiger partial charge in [0.05, 0.1) is 30.8 Å². The molecule has 1 fully saturated rings. The number of rotatable bonds is 8. The third-order valence-corrected chi connectivity index (χ3v) is 5.35. The van der Waals surface area contributed by atoms with Gasteiger partial charge in [0, 0.05) is 5.56 Å². The van der Waals surface area contributed by atoms with Gasteiger partial charge in [0.15, 0.2) is 11.4 Å². The first-order valence-corrected chi connectivity index (χ1v) is 11.1. The maximum Gasteiger partial charge on any atom is 0.387 e. The van der Waals surface area contributed by atoms with Crippen LogP contribution in [0.5, 0.6) is 17.2 Å². The molecule has 1 amide bonds. The summed E-state index contributed by atoms with van der Waals surface area (Å²) in [5.74, 6) is -0.997. The number of primary amides is 1. The van der Waals surface area contributed by atoms with Gasteiger partial charge in [-0.2, -0.15) is 13.9 Å². The Labute approximate surface area is 201 Å². The van der Waals surface area contributed by atoms with Crippen molar-refractivity contribution >= 4 is 11.6 Å². The van der Waals surface area contributed by atoms with E-state index in [0.29, 0.717) is 28.2 Å². The average Bonchev–Trinajstić information content (AvgIpc) is 3.59. The number of aryl methyl sites for hydroxylation is 1. The number of alkyl halides is 2. The van der Waals surface area contributed by atoms with Crippen LogP contribution in [0.4, 0.5) is 8.78 Å². The zero-order chi connectivity index (χ0) is 25.9. The first-order chi connectivity index (χ1) is 16.4. The molecule has 0 aliphatic heterocycles. The molecule has 2 aromatic heterocycles. The van der Waals surface area contributed by atoms with Crippen LogP contribution in [0.3, 0.4) is 0 Å². The molecule has 0 radical (unpaired) electrons. The standard InChI is InChI=1S/C21H24F2N4O5.C3H6/c1-10-16(31-11(2)21(3,4)29)9-27-19(26-10)13(8-25-27)12-6-14(30-5)17(18(24)28)15(7-12)32-20(22)23;1-2-3-1/h6-9,11,20,29H,1-5H3,(H2,24,28);1-3H2. The molecule has 4 rings (SSSR count). The summed E-state index contributed by atoms with van der Waals surface area (Å²) < 4.78 is 42.8. The average molecular weight is 493 g/mol. The van der Waals surface area contributed by atoms with Crippen molar-refractivity contribution in [2.75, 3.05) is 7.11 Å². The van der Waals surface area contributed by atoms with E-state index in [0.717, 1.165) is 0 Å². The van der Waals surface area contributed by atoms with Crippen molar-refractivity contribution in [1.82, 2.24) is 14.6 Å². The molecule has 190 valence electrons. The molecule has 0 bridgehead atoms. The van der Waals surface area contributed by atoms with E-state index in [1.807, 2.05) is 0 Å². The molecule has 1 saturated carbocycles. The summed E-state index contributed by atoms with van der Waals surface area (Å²) in [4.78, 5) is 16.3. The molecule has 1 atom stereocenters. The summed E-state index contributed by atoms with van der Waals surface area (Å²) in [6.07, 6.45) is 7.07. The Hall–Kier alpha value is -3.47. The second-order valence-corrected chi connectivity index (χ2v) is 8.79. The monoisotopic (exact) mass is 492 g/mol. The lowest BCUT2D eigenvalue weighted by Crippen LogP contribution is -2.38. The number of carbonyl (C=O) groups excluding carboxylic acids is 1. The summed E-state index contributed by atoms with van der Waals surface area (Å²) in [5.41, 5.74) is 5.74. The molecular formula is C24H30F2N4O5. The van der Waals surface area contributed by atoms with Gasteiger partial charge in [0.2, 0.25) is 0 Å². The van der Waals surface area contributed by atoms with Gasteiger partial charge in [-0.3, -0.25) is 4.79 Å². The van der Waals surface area contributed by atoms with Crippen molar-refractivity contribution in [3.63, 3.8) is 0 Å². The van der Waals surface area contributed by atoms with E-state index in [2.05, 4.69) is 14.8 Å². The number of benzene rings is 1. The van der Waals surface area contributed by atoms with E-state index in [1.165, 1.54) is 49.2 Å². The molecule has 1 aliphatic rings. The molecule has 9 nitrogen and oxygen atoms in total. The number of carbonyl (C=O) groups is 1. The summed E-state index contributed by atoms with van der Waals surface area (Å²) in [6, 6.07) is 2.72. The first kappa shape index (κ1) is 26.1. The third kappa shape index (κ3) is 6.36. The molecule has 0 spiro atoms. The number of amides is 1. The number of methoxy groups -OCH3 is 1. The maximum atomic E-state index is 12.9. The van der Waals surface area contributed by atoms with Gasteiger partial charge in [-0.25, -0.2) is 9.50 Å². The van der Waals surface area contributed by atoms with E-state index in [4.69, 9.17) is 15.2 Å². The van der Waals surface area contributed by atoms with Crippen LogP contribution in [0.15, 0.2) is 24.5 Å². The highest BCUT2D eigenvalue weighted by molar-refractivity contribution is 6.00. The van der Waals surface area contributed by atoms with E-state index in [9.17, 15) is 18.7 Å². The second-order valence-electron chi connectivity index (χ2n) is 8.79. The summed E-state index contributed by atoms with van der Waals surface area (Å²) in [6.45, 7) is 3.55. The Morgan fingerprint density at radius 2 is 1.80 bits per heavy atom. The van der Waals surface area contributed by atoms with Gasteiger partial charge >= 0.3 is 6.61 Å². The highest BCUT2D eigenvalue weighted by Gasteiger charge is 2.26. The minimum absolute atomic E-state index is 0.0272. The fourth-order valence-corrected chi connectivity index (χ4v) is 2.97. The summed E-state index contributed by atoms with van der Waals surface area (Å²) in [5, 5.41) is 14.4. The Morgan fingerprint density at radius 1 is 1.17 bits per heavy atom. The van der Waals surface area contributed by atoms with Gasteiger partial charge in [-0.1, -0.05) is 19.3 Å². The number of halogens is 2. The van der Waals surface area contributed by atoms with Crippen LogP contribution in [0, 0.1) is 6.92 Å². The van der Waals surface area contributed by atoms with Gasteiger partial charge in [0.1, 0.15) is 23.2 Å². The summed E-state index contributed by atoms with van der Waals surface area (Å²) in [7, 11) is 1.28. The van der Waals surface area contributed by atoms with Gasteiger partial charge in [-0.15, -0.1) is 0 Å². The second kappa shape index (κ2) is 10.4. The Morgan fingerprint density at radius 3 is 2.31 bits per heavy atom. The Bertz CT molecular complexity index is 1200. The normalized spacial score (nSPS) is 13.7. The van der Waals surface area contributed by atoms with Crippen molar-refractivity contribution in [3.05, 3.63) is 35.8 Å². The van der Waals surface area contributed by atoms with E-state index in [1.54, 1.807) is 33.9 Å². The highest BCUT2D eigenvalue weighted by atomic mass is 19.3. The smallest absolute Gasteiger partial charge is 0.387 e. The fraction of sp³-hybridized carbons (Fsp3) is 0.458. The number of nitrogens with zero attached hydrogens (tertiary/aromatic N) is 3. The van der Waals surface area contributed by atoms with E-state index >= 15 is 0 Å². The highest BCUT2D eigenvalue weighted by Crippen LogP contribution is 2.37. The van der Waals surface area contributed by atoms with Crippen molar-refractivity contribution in [2.45, 2.75) is 65.3 Å². The van der Waals surface area contributed by atoms with Crippen LogP contribution in [-0.4, -0.2) is 51.0 Å². The molecule has 1 aromatic carbocycles. The zero-order valence-electron chi connectivity index (χ0n) is 20.3. The topological polar surface area (TPSA) is 121 Å². The van der Waals surface area contributed by atoms with Gasteiger partial charge in [-0.05, 0) is 45.4 Å². The van der Waals surface area contributed by atoms with Crippen LogP contribution in [0.2, 0.25) is 0 Å². The van der Waals surface area contributed by atoms with Crippen molar-refractivity contribution in [3.8, 4) is 28.4 Å². The molecule has 2 heterocycles. The fourth-order valence-electron chi connectivity index (χ4n) is 2.97. The number of hydrogen-bond acceptors (Lipinski definition) is 7. The van der Waals surface area contributed by atoms with Crippen molar-refractivity contribution in [2.24, 2.45) is 5.73 Å². The Kier molecular flexibility index (Phi) is 7.79. The predicted molar refractivity (Wildman–Crippen MR) is 125 cm³/mol. The summed E-state index contributed by atoms with van der Waals surface area (Å²) >= 11 is 0.